The van der Waals surface area contributed by atoms with Crippen LogP contribution in [0.25, 0.3) is 0 Å². The smallest absolute Gasteiger partial charge is 0.404 e. The Morgan fingerprint density at radius 2 is 2.07 bits per heavy atom. The second kappa shape index (κ2) is 5.34. The summed E-state index contributed by atoms with van der Waals surface area (Å²) >= 11 is 5.87. The second-order valence-corrected chi connectivity index (χ2v) is 3.05. The van der Waals surface area contributed by atoms with E-state index in [0.29, 0.717) is 18.1 Å². The maximum atomic E-state index is 10.1. The third-order valence-corrected chi connectivity index (χ3v) is 1.92. The van der Waals surface area contributed by atoms with Crippen molar-refractivity contribution in [2.24, 2.45) is 0 Å². The van der Waals surface area contributed by atoms with Gasteiger partial charge in [0.15, 0.2) is 0 Å². The first-order valence-corrected chi connectivity index (χ1v) is 4.53. The first kappa shape index (κ1) is 10.7. The van der Waals surface area contributed by atoms with Crippen LogP contribution in [0.3, 0.4) is 0 Å². The molecule has 0 atom stereocenters. The average Bonchev–Trinajstić information content (AvgIpc) is 2.15. The summed E-state index contributed by atoms with van der Waals surface area (Å²) in [6, 6.07) is 7.31. The molecule has 0 saturated heterocycles. The molecule has 5 heteroatoms. The van der Waals surface area contributed by atoms with Gasteiger partial charge in [-0.2, -0.15) is 0 Å². The van der Waals surface area contributed by atoms with E-state index in [1.165, 1.54) is 0 Å². The molecule has 0 bridgehead atoms. The van der Waals surface area contributed by atoms with Crippen LogP contribution >= 0.6 is 11.6 Å². The molecule has 0 aliphatic rings. The van der Waals surface area contributed by atoms with E-state index in [4.69, 9.17) is 16.7 Å². The molecule has 1 rings (SSSR count). The van der Waals surface area contributed by atoms with Gasteiger partial charge in [-0.15, -0.1) is 0 Å². The minimum absolute atomic E-state index is 0.348. The van der Waals surface area contributed by atoms with Crippen LogP contribution in [0.5, 0.6) is 0 Å². The summed E-state index contributed by atoms with van der Waals surface area (Å²) in [4.78, 5) is 10.1. The van der Waals surface area contributed by atoms with E-state index in [9.17, 15) is 4.79 Å². The normalized spacial score (nSPS) is 9.50. The van der Waals surface area contributed by atoms with Crippen molar-refractivity contribution in [3.05, 3.63) is 29.3 Å². The lowest BCUT2D eigenvalue weighted by Crippen LogP contribution is -2.26. The Labute approximate surface area is 86.9 Å². The fraction of sp³-hybridized carbons (Fsp3) is 0.222. The molecular weight excluding hydrogens is 204 g/mol. The molecule has 0 heterocycles. The van der Waals surface area contributed by atoms with Crippen molar-refractivity contribution in [2.75, 3.05) is 18.4 Å². The van der Waals surface area contributed by atoms with Crippen molar-refractivity contribution in [1.82, 2.24) is 5.32 Å². The molecule has 3 N–H and O–H groups in total. The van der Waals surface area contributed by atoms with E-state index >= 15 is 0 Å². The zero-order valence-electron chi connectivity index (χ0n) is 7.46. The van der Waals surface area contributed by atoms with Crippen molar-refractivity contribution in [1.29, 1.82) is 0 Å². The number of para-hydroxylation sites is 1. The van der Waals surface area contributed by atoms with Gasteiger partial charge < -0.3 is 15.7 Å². The van der Waals surface area contributed by atoms with Gasteiger partial charge in [0.05, 0.1) is 10.7 Å². The zero-order valence-corrected chi connectivity index (χ0v) is 8.21. The van der Waals surface area contributed by atoms with Crippen LogP contribution in [0.2, 0.25) is 5.02 Å². The molecular formula is C9H11ClN2O2. The monoisotopic (exact) mass is 214 g/mol. The fourth-order valence-electron chi connectivity index (χ4n) is 0.971. The highest BCUT2D eigenvalue weighted by molar-refractivity contribution is 6.33. The molecule has 76 valence electrons. The summed E-state index contributed by atoms with van der Waals surface area (Å²) in [5.74, 6) is 0. The van der Waals surface area contributed by atoms with Crippen molar-refractivity contribution < 1.29 is 9.90 Å². The van der Waals surface area contributed by atoms with Gasteiger partial charge in [0, 0.05) is 13.1 Å². The maximum Gasteiger partial charge on any atom is 0.404 e. The highest BCUT2D eigenvalue weighted by Crippen LogP contribution is 2.19. The number of hydrogen-bond acceptors (Lipinski definition) is 2. The van der Waals surface area contributed by atoms with Crippen molar-refractivity contribution >= 4 is 23.4 Å². The second-order valence-electron chi connectivity index (χ2n) is 2.64. The minimum atomic E-state index is -1.02. The molecule has 0 aliphatic heterocycles. The Kier molecular flexibility index (Phi) is 4.07. The topological polar surface area (TPSA) is 61.4 Å². The third kappa shape index (κ3) is 3.53. The lowest BCUT2D eigenvalue weighted by molar-refractivity contribution is 0.195. The Bertz CT molecular complexity index is 317. The summed E-state index contributed by atoms with van der Waals surface area (Å²) in [5, 5.41) is 14.2. The Balaban J connectivity index is 2.31. The van der Waals surface area contributed by atoms with Crippen molar-refractivity contribution in [3.63, 3.8) is 0 Å². The van der Waals surface area contributed by atoms with Gasteiger partial charge in [-0.05, 0) is 12.1 Å². The van der Waals surface area contributed by atoms with Gasteiger partial charge in [-0.25, -0.2) is 4.79 Å². The van der Waals surface area contributed by atoms with Crippen LogP contribution in [0.1, 0.15) is 0 Å². The number of carbonyl (C=O) groups is 1. The predicted molar refractivity (Wildman–Crippen MR) is 56.0 cm³/mol. The summed E-state index contributed by atoms with van der Waals surface area (Å²) in [5.41, 5.74) is 0.807. The van der Waals surface area contributed by atoms with Crippen molar-refractivity contribution in [3.8, 4) is 0 Å². The van der Waals surface area contributed by atoms with E-state index in [1.807, 2.05) is 18.2 Å². The van der Waals surface area contributed by atoms with E-state index < -0.39 is 6.09 Å². The quantitative estimate of drug-likeness (QED) is 0.672. The molecule has 0 aliphatic carbocycles. The number of hydrogen-bond donors (Lipinski definition) is 3. The molecule has 0 radical (unpaired) electrons. The largest absolute Gasteiger partial charge is 0.465 e. The zero-order chi connectivity index (χ0) is 10.4. The lowest BCUT2D eigenvalue weighted by Gasteiger charge is -2.07. The number of halogens is 1. The first-order valence-electron chi connectivity index (χ1n) is 4.15. The maximum absolute atomic E-state index is 10.1. The number of anilines is 1. The number of benzene rings is 1. The van der Waals surface area contributed by atoms with Gasteiger partial charge >= 0.3 is 6.09 Å². The van der Waals surface area contributed by atoms with Gasteiger partial charge in [-0.3, -0.25) is 0 Å². The molecule has 1 amide bonds. The Morgan fingerprint density at radius 1 is 1.36 bits per heavy atom. The molecule has 14 heavy (non-hydrogen) atoms. The van der Waals surface area contributed by atoms with Crippen LogP contribution in [0.15, 0.2) is 24.3 Å². The van der Waals surface area contributed by atoms with Gasteiger partial charge in [0.2, 0.25) is 0 Å². The Hall–Kier alpha value is -1.42. The highest BCUT2D eigenvalue weighted by Gasteiger charge is 1.97. The molecule has 1 aromatic carbocycles. The Morgan fingerprint density at radius 3 is 2.71 bits per heavy atom. The fourth-order valence-corrected chi connectivity index (χ4v) is 1.17. The first-order chi connectivity index (χ1) is 6.70. The molecule has 0 fully saturated rings. The molecule has 0 unspecified atom stereocenters. The molecule has 0 aromatic heterocycles. The average molecular weight is 215 g/mol. The molecule has 1 aromatic rings. The van der Waals surface area contributed by atoms with Crippen LogP contribution < -0.4 is 10.6 Å². The van der Waals surface area contributed by atoms with Gasteiger partial charge in [0.25, 0.3) is 0 Å². The standard InChI is InChI=1S/C9H11ClN2O2/c10-7-3-1-2-4-8(7)11-5-6-12-9(13)14/h1-4,11-12H,5-6H2,(H,13,14). The van der Waals surface area contributed by atoms with Crippen LogP contribution in [-0.4, -0.2) is 24.3 Å². The van der Waals surface area contributed by atoms with Gasteiger partial charge in [-0.1, -0.05) is 23.7 Å². The third-order valence-electron chi connectivity index (χ3n) is 1.59. The number of nitrogens with one attached hydrogen (secondary N) is 2. The summed E-state index contributed by atoms with van der Waals surface area (Å²) < 4.78 is 0. The minimum Gasteiger partial charge on any atom is -0.465 e. The number of amides is 1. The van der Waals surface area contributed by atoms with Gasteiger partial charge in [0.1, 0.15) is 0 Å². The number of rotatable bonds is 4. The van der Waals surface area contributed by atoms with E-state index in [0.717, 1.165) is 5.69 Å². The van der Waals surface area contributed by atoms with Crippen LogP contribution in [0.4, 0.5) is 10.5 Å². The van der Waals surface area contributed by atoms with Crippen molar-refractivity contribution in [2.45, 2.75) is 0 Å². The van der Waals surface area contributed by atoms with E-state index in [2.05, 4.69) is 10.6 Å². The van der Waals surface area contributed by atoms with Crippen LogP contribution in [-0.2, 0) is 0 Å². The SMILES string of the molecule is O=C(O)NCCNc1ccccc1Cl. The highest BCUT2D eigenvalue weighted by atomic mass is 35.5. The lowest BCUT2D eigenvalue weighted by atomic mass is 10.3. The molecule has 4 nitrogen and oxygen atoms in total. The molecule has 0 spiro atoms. The number of carboxylic acid groups (broad SMARTS) is 1. The van der Waals surface area contributed by atoms with Crippen LogP contribution in [0, 0.1) is 0 Å². The summed E-state index contributed by atoms with van der Waals surface area (Å²) in [6.45, 7) is 0.858. The van der Waals surface area contributed by atoms with E-state index in [1.54, 1.807) is 6.07 Å². The predicted octanol–water partition coefficient (Wildman–Crippen LogP) is 2.02. The summed E-state index contributed by atoms with van der Waals surface area (Å²) in [7, 11) is 0. The molecule has 0 saturated carbocycles. The van der Waals surface area contributed by atoms with E-state index in [-0.39, 0.29) is 0 Å². The summed E-state index contributed by atoms with van der Waals surface area (Å²) in [6.07, 6.45) is -1.02.